The molecule has 1 amide bonds. The second-order valence-corrected chi connectivity index (χ2v) is 6.87. The Balaban J connectivity index is 1.59. The summed E-state index contributed by atoms with van der Waals surface area (Å²) in [4.78, 5) is 16.3. The molecular formula is C20H19ClF3N5O2. The molecule has 3 aromatic rings. The number of alkyl halides is 3. The molecule has 2 aromatic heterocycles. The molecule has 0 radical (unpaired) electrons. The minimum absolute atomic E-state index is 0.185. The highest BCUT2D eigenvalue weighted by Gasteiger charge is 2.35. The lowest BCUT2D eigenvalue weighted by atomic mass is 10.3. The summed E-state index contributed by atoms with van der Waals surface area (Å²) in [6, 6.07) is 12.5. The minimum atomic E-state index is -4.68. The molecule has 3 rings (SSSR count). The van der Waals surface area contributed by atoms with Gasteiger partial charge >= 0.3 is 6.18 Å². The topological polar surface area (TPSA) is 81.1 Å². The van der Waals surface area contributed by atoms with Gasteiger partial charge in [-0.25, -0.2) is 4.98 Å². The number of nitrogens with zero attached hydrogens (tertiary/aromatic N) is 3. The highest BCUT2D eigenvalue weighted by atomic mass is 35.5. The van der Waals surface area contributed by atoms with Crippen molar-refractivity contribution in [2.45, 2.75) is 13.1 Å². The second-order valence-electron chi connectivity index (χ2n) is 6.46. The predicted molar refractivity (Wildman–Crippen MR) is 110 cm³/mol. The second kappa shape index (κ2) is 9.69. The number of hydrogen-bond acceptors (Lipinski definition) is 5. The summed E-state index contributed by atoms with van der Waals surface area (Å²) in [6.45, 7) is 2.06. The van der Waals surface area contributed by atoms with Crippen LogP contribution in [0.5, 0.6) is 5.88 Å². The van der Waals surface area contributed by atoms with E-state index in [0.717, 1.165) is 16.4 Å². The molecule has 164 valence electrons. The van der Waals surface area contributed by atoms with Crippen molar-refractivity contribution in [3.05, 3.63) is 64.9 Å². The molecule has 0 aliphatic carbocycles. The number of aromatic nitrogens is 3. The third kappa shape index (κ3) is 6.11. The molecule has 2 heterocycles. The van der Waals surface area contributed by atoms with Crippen molar-refractivity contribution in [3.63, 3.8) is 0 Å². The van der Waals surface area contributed by atoms with Crippen LogP contribution in [0, 0.1) is 6.92 Å². The number of anilines is 1. The van der Waals surface area contributed by atoms with Crippen LogP contribution in [0.15, 0.2) is 48.5 Å². The largest absolute Gasteiger partial charge is 0.467 e. The Kier molecular flexibility index (Phi) is 7.01. The van der Waals surface area contributed by atoms with Gasteiger partial charge in [-0.15, -0.1) is 0 Å². The van der Waals surface area contributed by atoms with E-state index in [4.69, 9.17) is 16.3 Å². The smallest absolute Gasteiger partial charge is 0.435 e. The van der Waals surface area contributed by atoms with E-state index < -0.39 is 24.4 Å². The maximum absolute atomic E-state index is 13.1. The van der Waals surface area contributed by atoms with Crippen LogP contribution in [0.25, 0.3) is 5.69 Å². The fraction of sp³-hybridized carbons (Fsp3) is 0.250. The zero-order valence-corrected chi connectivity index (χ0v) is 17.2. The van der Waals surface area contributed by atoms with Crippen molar-refractivity contribution in [2.75, 3.05) is 25.0 Å². The van der Waals surface area contributed by atoms with Crippen LogP contribution in [-0.4, -0.2) is 40.4 Å². The number of hydrogen-bond donors (Lipinski definition) is 2. The van der Waals surface area contributed by atoms with E-state index in [1.54, 1.807) is 18.2 Å². The summed E-state index contributed by atoms with van der Waals surface area (Å²) in [5.74, 6) is -0.0778. The van der Waals surface area contributed by atoms with E-state index in [1.165, 1.54) is 12.1 Å². The zero-order valence-electron chi connectivity index (χ0n) is 16.4. The Hall–Kier alpha value is -3.27. The molecule has 0 spiro atoms. The van der Waals surface area contributed by atoms with Crippen molar-refractivity contribution in [1.82, 2.24) is 20.1 Å². The molecule has 0 aliphatic rings. The number of nitrogens with one attached hydrogen (secondary N) is 2. The first-order valence-electron chi connectivity index (χ1n) is 9.23. The van der Waals surface area contributed by atoms with E-state index in [0.29, 0.717) is 12.4 Å². The van der Waals surface area contributed by atoms with Crippen LogP contribution in [-0.2, 0) is 11.0 Å². The van der Waals surface area contributed by atoms with Gasteiger partial charge in [0.05, 0.1) is 10.7 Å². The summed E-state index contributed by atoms with van der Waals surface area (Å²) in [5.41, 5.74) is -0.0987. The zero-order chi connectivity index (χ0) is 22.4. The number of amides is 1. The van der Waals surface area contributed by atoms with Gasteiger partial charge in [0, 0.05) is 24.8 Å². The van der Waals surface area contributed by atoms with Crippen LogP contribution in [0.2, 0.25) is 5.02 Å². The van der Waals surface area contributed by atoms with E-state index >= 15 is 0 Å². The quantitative estimate of drug-likeness (QED) is 0.506. The summed E-state index contributed by atoms with van der Waals surface area (Å²) in [5, 5.41) is 9.39. The third-order valence-electron chi connectivity index (χ3n) is 4.04. The average molecular weight is 454 g/mol. The summed E-state index contributed by atoms with van der Waals surface area (Å²) in [6.07, 6.45) is -4.68. The minimum Gasteiger partial charge on any atom is -0.467 e. The van der Waals surface area contributed by atoms with Crippen LogP contribution >= 0.6 is 11.6 Å². The Morgan fingerprint density at radius 2 is 1.94 bits per heavy atom. The molecule has 31 heavy (non-hydrogen) atoms. The normalized spacial score (nSPS) is 11.3. The van der Waals surface area contributed by atoms with Crippen molar-refractivity contribution in [2.24, 2.45) is 0 Å². The molecular weight excluding hydrogens is 435 g/mol. The van der Waals surface area contributed by atoms with Gasteiger partial charge in [0.25, 0.3) is 5.91 Å². The van der Waals surface area contributed by atoms with E-state index in [-0.39, 0.29) is 23.1 Å². The van der Waals surface area contributed by atoms with E-state index in [1.807, 2.05) is 19.1 Å². The molecule has 0 atom stereocenters. The van der Waals surface area contributed by atoms with Gasteiger partial charge in [0.1, 0.15) is 5.82 Å². The molecule has 1 aromatic carbocycles. The number of pyridine rings is 1. The highest BCUT2D eigenvalue weighted by molar-refractivity contribution is 6.32. The van der Waals surface area contributed by atoms with Gasteiger partial charge < -0.3 is 15.4 Å². The molecule has 0 saturated heterocycles. The molecule has 0 unspecified atom stereocenters. The van der Waals surface area contributed by atoms with Crippen molar-refractivity contribution >= 4 is 23.3 Å². The van der Waals surface area contributed by atoms with Gasteiger partial charge in [-0.2, -0.15) is 23.0 Å². The fourth-order valence-electron chi connectivity index (χ4n) is 2.63. The van der Waals surface area contributed by atoms with E-state index in [2.05, 4.69) is 20.7 Å². The predicted octanol–water partition coefficient (Wildman–Crippen LogP) is 3.86. The molecule has 2 N–H and O–H groups in total. The van der Waals surface area contributed by atoms with Crippen LogP contribution in [0.3, 0.4) is 0 Å². The lowest BCUT2D eigenvalue weighted by molar-refractivity contribution is -0.141. The third-order valence-corrected chi connectivity index (χ3v) is 4.36. The first-order valence-corrected chi connectivity index (χ1v) is 9.61. The standard InChI is InChI=1S/C20H19ClF3N5O2/c1-13-5-4-8-17(27-13)25-9-10-26-18(30)12-31-19-11-16(20(22,23)24)28-29(19)15-7-3-2-6-14(15)21/h2-8,11H,9-10,12H2,1H3,(H,25,27)(H,26,30). The highest BCUT2D eigenvalue weighted by Crippen LogP contribution is 2.33. The van der Waals surface area contributed by atoms with Gasteiger partial charge in [-0.1, -0.05) is 29.8 Å². The van der Waals surface area contributed by atoms with Crippen molar-refractivity contribution in [1.29, 1.82) is 0 Å². The van der Waals surface area contributed by atoms with Crippen LogP contribution in [0.1, 0.15) is 11.4 Å². The maximum atomic E-state index is 13.1. The number of halogens is 4. The van der Waals surface area contributed by atoms with Gasteiger partial charge in [0.2, 0.25) is 5.88 Å². The maximum Gasteiger partial charge on any atom is 0.435 e. The Bertz CT molecular complexity index is 1060. The molecule has 11 heteroatoms. The number of ether oxygens (including phenoxy) is 1. The lowest BCUT2D eigenvalue weighted by Gasteiger charge is -2.11. The van der Waals surface area contributed by atoms with Gasteiger partial charge in [0.15, 0.2) is 12.3 Å². The van der Waals surface area contributed by atoms with Gasteiger partial charge in [-0.05, 0) is 31.2 Å². The number of rotatable bonds is 8. The number of aryl methyl sites for hydroxylation is 1. The lowest BCUT2D eigenvalue weighted by Crippen LogP contribution is -2.33. The number of carbonyl (C=O) groups is 1. The first kappa shape index (κ1) is 22.4. The number of benzene rings is 1. The van der Waals surface area contributed by atoms with Crippen molar-refractivity contribution < 1.29 is 22.7 Å². The van der Waals surface area contributed by atoms with Crippen LogP contribution in [0.4, 0.5) is 19.0 Å². The molecule has 0 saturated carbocycles. The Morgan fingerprint density at radius 3 is 2.65 bits per heavy atom. The monoisotopic (exact) mass is 453 g/mol. The molecule has 0 bridgehead atoms. The van der Waals surface area contributed by atoms with E-state index in [9.17, 15) is 18.0 Å². The molecule has 0 fully saturated rings. The van der Waals surface area contributed by atoms with Crippen molar-refractivity contribution in [3.8, 4) is 11.6 Å². The summed E-state index contributed by atoms with van der Waals surface area (Å²) in [7, 11) is 0. The van der Waals surface area contributed by atoms with Gasteiger partial charge in [-0.3, -0.25) is 4.79 Å². The summed E-state index contributed by atoms with van der Waals surface area (Å²) < 4.78 is 45.6. The molecule has 0 aliphatic heterocycles. The SMILES string of the molecule is Cc1cccc(NCCNC(=O)COc2cc(C(F)(F)F)nn2-c2ccccc2Cl)n1. The molecule has 7 nitrogen and oxygen atoms in total. The number of carbonyl (C=O) groups excluding carboxylic acids is 1. The first-order chi connectivity index (χ1) is 14.7. The average Bonchev–Trinajstić information content (AvgIpc) is 3.15. The summed E-state index contributed by atoms with van der Waals surface area (Å²) >= 11 is 6.07. The van der Waals surface area contributed by atoms with Crippen LogP contribution < -0.4 is 15.4 Å². The fourth-order valence-corrected chi connectivity index (χ4v) is 2.84. The Morgan fingerprint density at radius 1 is 1.16 bits per heavy atom. The Labute approximate surface area is 181 Å². The number of para-hydroxylation sites is 1.